The van der Waals surface area contributed by atoms with E-state index in [9.17, 15) is 18.4 Å². The first-order chi connectivity index (χ1) is 6.01. The number of hydrogen-bond donors (Lipinski definition) is 2. The lowest BCUT2D eigenvalue weighted by Gasteiger charge is -2.31. The van der Waals surface area contributed by atoms with Gasteiger partial charge in [0.1, 0.15) is 0 Å². The van der Waals surface area contributed by atoms with Crippen molar-refractivity contribution in [3.05, 3.63) is 0 Å². The summed E-state index contributed by atoms with van der Waals surface area (Å²) >= 11 is 0. The van der Waals surface area contributed by atoms with E-state index in [0.717, 1.165) is 0 Å². The number of carbonyl (C=O) groups excluding carboxylic acids is 2. The van der Waals surface area contributed by atoms with E-state index < -0.39 is 23.7 Å². The van der Waals surface area contributed by atoms with Gasteiger partial charge in [0.25, 0.3) is 6.43 Å². The number of hydrogen-bond acceptors (Lipinski definition) is 2. The number of amides is 2. The fourth-order valence-corrected chi connectivity index (χ4v) is 1.39. The second-order valence-corrected chi connectivity index (χ2v) is 3.00. The Kier molecular flexibility index (Phi) is 2.49. The third-order valence-corrected chi connectivity index (χ3v) is 2.25. The van der Waals surface area contributed by atoms with Gasteiger partial charge in [-0.1, -0.05) is 0 Å². The summed E-state index contributed by atoms with van der Waals surface area (Å²) in [5.41, 5.74) is 2.51. The lowest BCUT2D eigenvalue weighted by Crippen LogP contribution is -2.57. The van der Waals surface area contributed by atoms with Gasteiger partial charge in [-0.2, -0.15) is 0 Å². The summed E-state index contributed by atoms with van der Waals surface area (Å²) < 4.78 is 25.0. The van der Waals surface area contributed by atoms with Crippen LogP contribution in [0.1, 0.15) is 12.8 Å². The van der Waals surface area contributed by atoms with Gasteiger partial charge >= 0.3 is 0 Å². The highest BCUT2D eigenvalue weighted by Gasteiger charge is 2.53. The van der Waals surface area contributed by atoms with Gasteiger partial charge in [-0.05, 0) is 12.8 Å². The van der Waals surface area contributed by atoms with Crippen molar-refractivity contribution in [2.45, 2.75) is 19.3 Å². The molecule has 0 saturated carbocycles. The highest BCUT2D eigenvalue weighted by atomic mass is 19.3. The molecule has 13 heavy (non-hydrogen) atoms. The van der Waals surface area contributed by atoms with Gasteiger partial charge in [-0.3, -0.25) is 9.59 Å². The molecule has 1 saturated heterocycles. The topological polar surface area (TPSA) is 72.2 Å². The van der Waals surface area contributed by atoms with Gasteiger partial charge in [-0.25, -0.2) is 8.78 Å². The molecule has 1 heterocycles. The lowest BCUT2D eigenvalue weighted by atomic mass is 9.79. The Balaban J connectivity index is 3.00. The minimum atomic E-state index is -3.04. The van der Waals surface area contributed by atoms with Crippen LogP contribution >= 0.6 is 0 Å². The van der Waals surface area contributed by atoms with E-state index in [1.165, 1.54) is 0 Å². The van der Waals surface area contributed by atoms with E-state index in [2.05, 4.69) is 5.32 Å². The third kappa shape index (κ3) is 1.36. The number of nitrogens with one attached hydrogen (secondary N) is 1. The molecule has 4 nitrogen and oxygen atoms in total. The first-order valence-electron chi connectivity index (χ1n) is 3.88. The summed E-state index contributed by atoms with van der Waals surface area (Å²) in [6.45, 7) is 0.320. The van der Waals surface area contributed by atoms with Crippen LogP contribution in [0.2, 0.25) is 0 Å². The zero-order valence-corrected chi connectivity index (χ0v) is 6.85. The number of carbonyl (C=O) groups is 2. The van der Waals surface area contributed by atoms with Gasteiger partial charge in [0.15, 0.2) is 5.41 Å². The highest BCUT2D eigenvalue weighted by Crippen LogP contribution is 2.33. The lowest BCUT2D eigenvalue weighted by molar-refractivity contribution is -0.155. The van der Waals surface area contributed by atoms with Crippen molar-refractivity contribution in [1.82, 2.24) is 5.32 Å². The van der Waals surface area contributed by atoms with Crippen molar-refractivity contribution in [2.24, 2.45) is 11.1 Å². The average Bonchev–Trinajstić information content (AvgIpc) is 2.04. The number of primary amides is 1. The van der Waals surface area contributed by atoms with Crippen molar-refractivity contribution in [2.75, 3.05) is 6.54 Å². The van der Waals surface area contributed by atoms with Crippen molar-refractivity contribution in [3.63, 3.8) is 0 Å². The van der Waals surface area contributed by atoms with Crippen LogP contribution in [0.5, 0.6) is 0 Å². The number of nitrogens with two attached hydrogens (primary N) is 1. The molecule has 0 radical (unpaired) electrons. The predicted molar refractivity (Wildman–Crippen MR) is 39.9 cm³/mol. The second kappa shape index (κ2) is 3.27. The van der Waals surface area contributed by atoms with Gasteiger partial charge in [-0.15, -0.1) is 0 Å². The summed E-state index contributed by atoms with van der Waals surface area (Å²) in [6, 6.07) is 0. The monoisotopic (exact) mass is 192 g/mol. The van der Waals surface area contributed by atoms with Crippen LogP contribution in [0.15, 0.2) is 0 Å². The zero-order chi connectivity index (χ0) is 10.1. The Morgan fingerprint density at radius 2 is 2.23 bits per heavy atom. The molecule has 0 aliphatic carbocycles. The first-order valence-corrected chi connectivity index (χ1v) is 3.88. The quantitative estimate of drug-likeness (QED) is 0.586. The molecule has 0 bridgehead atoms. The van der Waals surface area contributed by atoms with E-state index in [-0.39, 0.29) is 6.42 Å². The Hall–Kier alpha value is -1.20. The molecule has 1 rings (SSSR count). The van der Waals surface area contributed by atoms with E-state index in [0.29, 0.717) is 13.0 Å². The molecular weight excluding hydrogens is 182 g/mol. The predicted octanol–water partition coefficient (Wildman–Crippen LogP) is -0.367. The van der Waals surface area contributed by atoms with Crippen LogP contribution in [-0.4, -0.2) is 24.8 Å². The molecule has 0 aromatic carbocycles. The summed E-state index contributed by atoms with van der Waals surface area (Å²) in [5.74, 6) is -2.21. The highest BCUT2D eigenvalue weighted by molar-refractivity contribution is 6.05. The van der Waals surface area contributed by atoms with Gasteiger partial charge in [0.2, 0.25) is 11.8 Å². The fourth-order valence-electron chi connectivity index (χ4n) is 1.39. The van der Waals surface area contributed by atoms with Crippen LogP contribution in [0.3, 0.4) is 0 Å². The molecule has 1 unspecified atom stereocenters. The summed E-state index contributed by atoms with van der Waals surface area (Å²) in [7, 11) is 0. The molecule has 1 aliphatic rings. The third-order valence-electron chi connectivity index (χ3n) is 2.25. The molecule has 0 aromatic rings. The van der Waals surface area contributed by atoms with Crippen LogP contribution in [-0.2, 0) is 9.59 Å². The first kappa shape index (κ1) is 9.88. The van der Waals surface area contributed by atoms with Crippen LogP contribution in [0.4, 0.5) is 8.78 Å². The van der Waals surface area contributed by atoms with Crippen molar-refractivity contribution in [3.8, 4) is 0 Å². The molecule has 0 aromatic heterocycles. The maximum atomic E-state index is 12.5. The molecule has 6 heteroatoms. The van der Waals surface area contributed by atoms with Crippen LogP contribution < -0.4 is 11.1 Å². The Morgan fingerprint density at radius 1 is 1.62 bits per heavy atom. The molecule has 3 N–H and O–H groups in total. The fraction of sp³-hybridized carbons (Fsp3) is 0.714. The number of rotatable bonds is 2. The SMILES string of the molecule is NC(=O)C1(C(F)F)CCCNC1=O. The number of halogens is 2. The summed E-state index contributed by atoms with van der Waals surface area (Å²) in [4.78, 5) is 21.9. The van der Waals surface area contributed by atoms with Crippen molar-refractivity contribution < 1.29 is 18.4 Å². The van der Waals surface area contributed by atoms with Gasteiger partial charge in [0, 0.05) is 6.54 Å². The Labute approximate surface area is 73.5 Å². The normalized spacial score (nSPS) is 28.7. The van der Waals surface area contributed by atoms with Crippen LogP contribution in [0, 0.1) is 5.41 Å². The zero-order valence-electron chi connectivity index (χ0n) is 6.85. The maximum Gasteiger partial charge on any atom is 0.261 e. The molecule has 74 valence electrons. The van der Waals surface area contributed by atoms with E-state index in [1.807, 2.05) is 0 Å². The van der Waals surface area contributed by atoms with E-state index >= 15 is 0 Å². The van der Waals surface area contributed by atoms with E-state index in [1.54, 1.807) is 0 Å². The molecule has 2 amide bonds. The van der Waals surface area contributed by atoms with Crippen molar-refractivity contribution in [1.29, 1.82) is 0 Å². The van der Waals surface area contributed by atoms with Crippen molar-refractivity contribution >= 4 is 11.8 Å². The molecular formula is C7H10F2N2O2. The molecule has 1 aliphatic heterocycles. The number of piperidine rings is 1. The standard InChI is InChI=1S/C7H10F2N2O2/c8-4(9)7(5(10)12)2-1-3-11-6(7)13/h4H,1-3H2,(H2,10,12)(H,11,13). The molecule has 1 fully saturated rings. The largest absolute Gasteiger partial charge is 0.369 e. The maximum absolute atomic E-state index is 12.5. The van der Waals surface area contributed by atoms with Gasteiger partial charge < -0.3 is 11.1 Å². The minimum absolute atomic E-state index is 0.175. The summed E-state index contributed by atoms with van der Waals surface area (Å²) in [5, 5.41) is 2.22. The number of alkyl halides is 2. The van der Waals surface area contributed by atoms with Gasteiger partial charge in [0.05, 0.1) is 0 Å². The summed E-state index contributed by atoms with van der Waals surface area (Å²) in [6.07, 6.45) is -2.87. The van der Waals surface area contributed by atoms with Crippen LogP contribution in [0.25, 0.3) is 0 Å². The minimum Gasteiger partial charge on any atom is -0.369 e. The molecule has 1 atom stereocenters. The Bertz CT molecular complexity index is 245. The van der Waals surface area contributed by atoms with E-state index in [4.69, 9.17) is 5.73 Å². The smallest absolute Gasteiger partial charge is 0.261 e. The molecule has 0 spiro atoms. The average molecular weight is 192 g/mol. The second-order valence-electron chi connectivity index (χ2n) is 3.00. The Morgan fingerprint density at radius 3 is 2.54 bits per heavy atom.